The number of urea groups is 1. The molecule has 1 aliphatic rings. The van der Waals surface area contributed by atoms with Gasteiger partial charge in [-0.05, 0) is 12.8 Å². The number of aliphatic carboxylic acids is 1. The molecule has 0 bridgehead atoms. The Morgan fingerprint density at radius 1 is 1.50 bits per heavy atom. The largest absolute Gasteiger partial charge is 0.480 e. The minimum Gasteiger partial charge on any atom is -0.480 e. The minimum atomic E-state index is -0.980. The second-order valence-electron chi connectivity index (χ2n) is 4.46. The lowest BCUT2D eigenvalue weighted by Crippen LogP contribution is -2.55. The average Bonchev–Trinajstić information content (AvgIpc) is 2.37. The van der Waals surface area contributed by atoms with Crippen molar-refractivity contribution in [3.05, 3.63) is 0 Å². The molecule has 18 heavy (non-hydrogen) atoms. The van der Waals surface area contributed by atoms with Gasteiger partial charge in [0.2, 0.25) is 0 Å². The highest BCUT2D eigenvalue weighted by molar-refractivity contribution is 5.82. The highest BCUT2D eigenvalue weighted by atomic mass is 16.5. The maximum Gasteiger partial charge on any atom is 0.326 e. The first-order chi connectivity index (χ1) is 8.60. The Bertz CT molecular complexity index is 296. The van der Waals surface area contributed by atoms with E-state index < -0.39 is 12.0 Å². The first kappa shape index (κ1) is 14.8. The summed E-state index contributed by atoms with van der Waals surface area (Å²) < 4.78 is 5.32. The standard InChI is InChI=1S/C12H22N2O4/c1-3-5-10(11(15)16)13-12(17)14-6-7-18-8-9(14)4-2/h9-10H,3-8H2,1-2H3,(H,13,17)(H,15,16)/t9?,10-/m1/s1. The van der Waals surface area contributed by atoms with Gasteiger partial charge in [0.05, 0.1) is 19.3 Å². The molecule has 1 heterocycles. The molecule has 104 valence electrons. The lowest BCUT2D eigenvalue weighted by molar-refractivity contribution is -0.139. The Kier molecular flexibility index (Phi) is 5.91. The number of hydrogen-bond donors (Lipinski definition) is 2. The van der Waals surface area contributed by atoms with Crippen molar-refractivity contribution < 1.29 is 19.4 Å². The Morgan fingerprint density at radius 2 is 2.22 bits per heavy atom. The third kappa shape index (κ3) is 3.87. The van der Waals surface area contributed by atoms with Crippen LogP contribution in [0.3, 0.4) is 0 Å². The molecular weight excluding hydrogens is 236 g/mol. The van der Waals surface area contributed by atoms with Crippen LogP contribution in [0.2, 0.25) is 0 Å². The van der Waals surface area contributed by atoms with Gasteiger partial charge in [-0.3, -0.25) is 0 Å². The molecule has 0 spiro atoms. The molecule has 1 saturated heterocycles. The third-order valence-electron chi connectivity index (χ3n) is 3.13. The number of carboxylic acid groups (broad SMARTS) is 1. The number of carboxylic acids is 1. The van der Waals surface area contributed by atoms with Crippen LogP contribution < -0.4 is 5.32 Å². The zero-order chi connectivity index (χ0) is 13.5. The number of amides is 2. The molecule has 2 atom stereocenters. The summed E-state index contributed by atoms with van der Waals surface area (Å²) in [6, 6.07) is -1.07. The zero-order valence-corrected chi connectivity index (χ0v) is 11.0. The maximum absolute atomic E-state index is 12.1. The van der Waals surface area contributed by atoms with Gasteiger partial charge in [-0.1, -0.05) is 20.3 Å². The van der Waals surface area contributed by atoms with Gasteiger partial charge < -0.3 is 20.1 Å². The van der Waals surface area contributed by atoms with Gasteiger partial charge in [0.25, 0.3) is 0 Å². The zero-order valence-electron chi connectivity index (χ0n) is 11.0. The van der Waals surface area contributed by atoms with E-state index in [9.17, 15) is 9.59 Å². The van der Waals surface area contributed by atoms with E-state index >= 15 is 0 Å². The van der Waals surface area contributed by atoms with Crippen molar-refractivity contribution in [2.45, 2.75) is 45.2 Å². The molecule has 0 radical (unpaired) electrons. The molecule has 0 saturated carbocycles. The number of morpholine rings is 1. The third-order valence-corrected chi connectivity index (χ3v) is 3.13. The summed E-state index contributed by atoms with van der Waals surface area (Å²) in [7, 11) is 0. The summed E-state index contributed by atoms with van der Waals surface area (Å²) in [6.45, 7) is 5.43. The van der Waals surface area contributed by atoms with Crippen LogP contribution in [0.15, 0.2) is 0 Å². The van der Waals surface area contributed by atoms with Gasteiger partial charge in [-0.15, -0.1) is 0 Å². The molecule has 1 rings (SSSR count). The van der Waals surface area contributed by atoms with E-state index in [0.717, 1.165) is 12.8 Å². The van der Waals surface area contributed by atoms with Crippen LogP contribution in [-0.4, -0.2) is 53.8 Å². The SMILES string of the molecule is CCC[C@@H](NC(=O)N1CCOCC1CC)C(=O)O. The van der Waals surface area contributed by atoms with E-state index in [1.165, 1.54) is 0 Å². The van der Waals surface area contributed by atoms with Crippen LogP contribution in [0.1, 0.15) is 33.1 Å². The molecule has 1 fully saturated rings. The number of nitrogens with zero attached hydrogens (tertiary/aromatic N) is 1. The average molecular weight is 258 g/mol. The fourth-order valence-electron chi connectivity index (χ4n) is 2.04. The highest BCUT2D eigenvalue weighted by Crippen LogP contribution is 2.11. The van der Waals surface area contributed by atoms with Gasteiger partial charge in [-0.25, -0.2) is 9.59 Å². The molecule has 0 aliphatic carbocycles. The molecule has 0 aromatic rings. The second kappa shape index (κ2) is 7.20. The number of ether oxygens (including phenoxy) is 1. The smallest absolute Gasteiger partial charge is 0.326 e. The van der Waals surface area contributed by atoms with Gasteiger partial charge in [0, 0.05) is 6.54 Å². The van der Waals surface area contributed by atoms with Crippen molar-refractivity contribution >= 4 is 12.0 Å². The molecule has 2 amide bonds. The van der Waals surface area contributed by atoms with Crippen molar-refractivity contribution in [3.63, 3.8) is 0 Å². The van der Waals surface area contributed by atoms with E-state index in [2.05, 4.69) is 5.32 Å². The number of hydrogen-bond acceptors (Lipinski definition) is 3. The van der Waals surface area contributed by atoms with Crippen molar-refractivity contribution in [1.82, 2.24) is 10.2 Å². The summed E-state index contributed by atoms with van der Waals surface area (Å²) in [5, 5.41) is 11.6. The summed E-state index contributed by atoms with van der Waals surface area (Å²) in [5.41, 5.74) is 0. The molecule has 1 aliphatic heterocycles. The van der Waals surface area contributed by atoms with Crippen molar-refractivity contribution in [3.8, 4) is 0 Å². The normalized spacial score (nSPS) is 21.4. The van der Waals surface area contributed by atoms with Gasteiger partial charge >= 0.3 is 12.0 Å². The van der Waals surface area contributed by atoms with Crippen molar-refractivity contribution in [2.75, 3.05) is 19.8 Å². The predicted octanol–water partition coefficient (Wildman–Crippen LogP) is 1.06. The summed E-state index contributed by atoms with van der Waals surface area (Å²) in [6.07, 6.45) is 1.97. The fourth-order valence-corrected chi connectivity index (χ4v) is 2.04. The first-order valence-electron chi connectivity index (χ1n) is 6.47. The number of carbonyl (C=O) groups excluding carboxylic acids is 1. The molecule has 0 aromatic heterocycles. The van der Waals surface area contributed by atoms with Crippen LogP contribution in [0.25, 0.3) is 0 Å². The van der Waals surface area contributed by atoms with Crippen molar-refractivity contribution in [2.24, 2.45) is 0 Å². The molecule has 1 unspecified atom stereocenters. The quantitative estimate of drug-likeness (QED) is 0.773. The van der Waals surface area contributed by atoms with Gasteiger partial charge in [0.15, 0.2) is 0 Å². The monoisotopic (exact) mass is 258 g/mol. The second-order valence-corrected chi connectivity index (χ2v) is 4.46. The van der Waals surface area contributed by atoms with Gasteiger partial charge in [-0.2, -0.15) is 0 Å². The molecular formula is C12H22N2O4. The molecule has 6 nitrogen and oxygen atoms in total. The Labute approximate surface area is 107 Å². The Morgan fingerprint density at radius 3 is 2.78 bits per heavy atom. The number of rotatable bonds is 5. The number of carbonyl (C=O) groups is 2. The van der Waals surface area contributed by atoms with E-state index in [4.69, 9.17) is 9.84 Å². The fraction of sp³-hybridized carbons (Fsp3) is 0.833. The molecule has 0 aromatic carbocycles. The van der Waals surface area contributed by atoms with Crippen LogP contribution in [0.4, 0.5) is 4.79 Å². The van der Waals surface area contributed by atoms with E-state index in [1.54, 1.807) is 4.90 Å². The van der Waals surface area contributed by atoms with E-state index in [1.807, 2.05) is 13.8 Å². The van der Waals surface area contributed by atoms with Crippen LogP contribution in [0.5, 0.6) is 0 Å². The lowest BCUT2D eigenvalue weighted by Gasteiger charge is -2.35. The molecule has 2 N–H and O–H groups in total. The van der Waals surface area contributed by atoms with Gasteiger partial charge in [0.1, 0.15) is 6.04 Å². The maximum atomic E-state index is 12.1. The Hall–Kier alpha value is -1.30. The van der Waals surface area contributed by atoms with E-state index in [0.29, 0.717) is 26.2 Å². The van der Waals surface area contributed by atoms with Crippen LogP contribution >= 0.6 is 0 Å². The Balaban J connectivity index is 2.58. The topological polar surface area (TPSA) is 78.9 Å². The predicted molar refractivity (Wildman–Crippen MR) is 66.5 cm³/mol. The van der Waals surface area contributed by atoms with E-state index in [-0.39, 0.29) is 12.1 Å². The molecule has 6 heteroatoms. The summed E-state index contributed by atoms with van der Waals surface area (Å²) in [4.78, 5) is 24.7. The van der Waals surface area contributed by atoms with Crippen LogP contribution in [-0.2, 0) is 9.53 Å². The minimum absolute atomic E-state index is 0.0369. The summed E-state index contributed by atoms with van der Waals surface area (Å²) >= 11 is 0. The van der Waals surface area contributed by atoms with Crippen LogP contribution in [0, 0.1) is 0 Å². The highest BCUT2D eigenvalue weighted by Gasteiger charge is 2.28. The first-order valence-corrected chi connectivity index (χ1v) is 6.47. The number of nitrogens with one attached hydrogen (secondary N) is 1. The van der Waals surface area contributed by atoms with Crippen molar-refractivity contribution in [1.29, 1.82) is 0 Å². The summed E-state index contributed by atoms with van der Waals surface area (Å²) in [5.74, 6) is -0.980. The lowest BCUT2D eigenvalue weighted by atomic mass is 10.1.